The summed E-state index contributed by atoms with van der Waals surface area (Å²) < 4.78 is 5.01. The number of carbonyl (C=O) groups excluding carboxylic acids is 5. The average molecular weight is 362 g/mol. The molecule has 0 radical (unpaired) electrons. The van der Waals surface area contributed by atoms with E-state index in [0.29, 0.717) is 51.4 Å². The minimum atomic E-state index is -1.28. The minimum Gasteiger partial charge on any atom is -0.468 e. The van der Waals surface area contributed by atoms with Gasteiger partial charge in [-0.2, -0.15) is 0 Å². The molecule has 0 aromatic heterocycles. The zero-order chi connectivity index (χ0) is 18.9. The molecule has 0 heterocycles. The Morgan fingerprint density at radius 2 is 1.69 bits per heavy atom. The van der Waals surface area contributed by atoms with Gasteiger partial charge in [0.2, 0.25) is 0 Å². The van der Waals surface area contributed by atoms with E-state index in [2.05, 4.69) is 0 Å². The molecule has 0 N–H and O–H groups in total. The first-order chi connectivity index (χ1) is 12.4. The van der Waals surface area contributed by atoms with Gasteiger partial charge < -0.3 is 4.74 Å². The summed E-state index contributed by atoms with van der Waals surface area (Å²) in [5.74, 6) is -2.19. The second-order valence-corrected chi connectivity index (χ2v) is 7.93. The molecule has 0 saturated heterocycles. The predicted octanol–water partition coefficient (Wildman–Crippen LogP) is 2.21. The monoisotopic (exact) mass is 362 g/mol. The van der Waals surface area contributed by atoms with Gasteiger partial charge in [0.15, 0.2) is 5.78 Å². The van der Waals surface area contributed by atoms with Gasteiger partial charge >= 0.3 is 5.97 Å². The highest BCUT2D eigenvalue weighted by Gasteiger charge is 2.61. The van der Waals surface area contributed by atoms with Crippen molar-refractivity contribution in [3.8, 4) is 0 Å². The van der Waals surface area contributed by atoms with Crippen LogP contribution in [0, 0.1) is 23.2 Å². The lowest BCUT2D eigenvalue weighted by atomic mass is 9.52. The van der Waals surface area contributed by atoms with Crippen LogP contribution in [0.25, 0.3) is 0 Å². The molecule has 0 amide bonds. The molecule has 0 aromatic rings. The van der Waals surface area contributed by atoms with E-state index in [1.807, 2.05) is 0 Å². The first-order valence-electron chi connectivity index (χ1n) is 9.60. The topological polar surface area (TPSA) is 94.6 Å². The zero-order valence-corrected chi connectivity index (χ0v) is 15.3. The molecule has 3 aliphatic rings. The summed E-state index contributed by atoms with van der Waals surface area (Å²) in [7, 11) is 1.28. The molecule has 6 heteroatoms. The van der Waals surface area contributed by atoms with E-state index in [-0.39, 0.29) is 41.9 Å². The molecule has 3 aliphatic carbocycles. The van der Waals surface area contributed by atoms with Crippen LogP contribution in [0.15, 0.2) is 0 Å². The van der Waals surface area contributed by atoms with Crippen LogP contribution >= 0.6 is 0 Å². The third-order valence-electron chi connectivity index (χ3n) is 6.60. The van der Waals surface area contributed by atoms with Gasteiger partial charge in [0.25, 0.3) is 0 Å². The highest BCUT2D eigenvalue weighted by molar-refractivity contribution is 6.07. The van der Waals surface area contributed by atoms with Crippen molar-refractivity contribution in [1.29, 1.82) is 0 Å². The molecule has 3 rings (SSSR count). The number of fused-ring (bicyclic) bond motifs is 1. The minimum absolute atomic E-state index is 0.0514. The van der Waals surface area contributed by atoms with E-state index >= 15 is 0 Å². The fraction of sp³-hybridized carbons (Fsp3) is 0.750. The maximum Gasteiger partial charge on any atom is 0.319 e. The molecule has 142 valence electrons. The number of methoxy groups -OCH3 is 1. The Morgan fingerprint density at radius 1 is 1.00 bits per heavy atom. The zero-order valence-electron chi connectivity index (χ0n) is 15.3. The first-order valence-corrected chi connectivity index (χ1v) is 9.60. The lowest BCUT2D eigenvalue weighted by Gasteiger charge is -2.48. The normalized spacial score (nSPS) is 33.1. The SMILES string of the molecule is COC(=O)[C@]12C(=O)CCC[C@H]1CC(=O)C[C@@H]2CCC1C(=O)CCCC1=O. The summed E-state index contributed by atoms with van der Waals surface area (Å²) in [6.45, 7) is 0. The van der Waals surface area contributed by atoms with Gasteiger partial charge in [-0.1, -0.05) is 0 Å². The Labute approximate surface area is 153 Å². The van der Waals surface area contributed by atoms with Gasteiger partial charge in [-0.25, -0.2) is 0 Å². The third kappa shape index (κ3) is 3.03. The van der Waals surface area contributed by atoms with E-state index < -0.39 is 23.2 Å². The summed E-state index contributed by atoms with van der Waals surface area (Å²) in [5, 5.41) is 0. The Balaban J connectivity index is 1.87. The van der Waals surface area contributed by atoms with E-state index in [1.54, 1.807) is 0 Å². The summed E-state index contributed by atoms with van der Waals surface area (Å²) in [5.41, 5.74) is -1.28. The standard InChI is InChI=1S/C20H26O6/c1-26-19(25)20-12(4-2-7-18(20)24)10-14(21)11-13(20)8-9-15-16(22)5-3-6-17(15)23/h12-13,15H,2-11H2,1H3/t12-,13-,20+/m0/s1. The van der Waals surface area contributed by atoms with Gasteiger partial charge in [-0.3, -0.25) is 24.0 Å². The number of rotatable bonds is 4. The summed E-state index contributed by atoms with van der Waals surface area (Å²) >= 11 is 0. The number of hydrogen-bond donors (Lipinski definition) is 0. The predicted molar refractivity (Wildman–Crippen MR) is 91.1 cm³/mol. The van der Waals surface area contributed by atoms with Gasteiger partial charge in [0.05, 0.1) is 13.0 Å². The number of ketones is 4. The van der Waals surface area contributed by atoms with Crippen molar-refractivity contribution < 1.29 is 28.7 Å². The molecule has 3 saturated carbocycles. The molecule has 3 fully saturated rings. The molecule has 0 unspecified atom stereocenters. The van der Waals surface area contributed by atoms with Gasteiger partial charge in [-0.05, 0) is 43.9 Å². The third-order valence-corrected chi connectivity index (χ3v) is 6.60. The van der Waals surface area contributed by atoms with Crippen LogP contribution in [-0.4, -0.2) is 36.2 Å². The van der Waals surface area contributed by atoms with Crippen molar-refractivity contribution in [2.45, 2.75) is 64.2 Å². The molecular weight excluding hydrogens is 336 g/mol. The number of carbonyl (C=O) groups is 5. The van der Waals surface area contributed by atoms with E-state index in [4.69, 9.17) is 4.74 Å². The second-order valence-electron chi connectivity index (χ2n) is 7.93. The molecule has 0 aliphatic heterocycles. The summed E-state index contributed by atoms with van der Waals surface area (Å²) in [4.78, 5) is 62.1. The van der Waals surface area contributed by atoms with Crippen LogP contribution in [0.2, 0.25) is 0 Å². The molecular formula is C20H26O6. The van der Waals surface area contributed by atoms with Crippen LogP contribution in [0.3, 0.4) is 0 Å². The second kappa shape index (κ2) is 7.41. The van der Waals surface area contributed by atoms with Crippen molar-refractivity contribution in [3.05, 3.63) is 0 Å². The Kier molecular flexibility index (Phi) is 5.39. The van der Waals surface area contributed by atoms with Gasteiger partial charge in [-0.15, -0.1) is 0 Å². The number of hydrogen-bond acceptors (Lipinski definition) is 6. The van der Waals surface area contributed by atoms with E-state index in [1.165, 1.54) is 7.11 Å². The first kappa shape index (κ1) is 18.9. The van der Waals surface area contributed by atoms with Gasteiger partial charge in [0.1, 0.15) is 22.8 Å². The van der Waals surface area contributed by atoms with Crippen LogP contribution in [-0.2, 0) is 28.7 Å². The van der Waals surface area contributed by atoms with Crippen molar-refractivity contribution >= 4 is 29.1 Å². The fourth-order valence-corrected chi connectivity index (χ4v) is 5.39. The number of esters is 1. The average Bonchev–Trinajstić information content (AvgIpc) is 2.60. The summed E-state index contributed by atoms with van der Waals surface area (Å²) in [6.07, 6.45) is 4.12. The molecule has 0 aromatic carbocycles. The Morgan fingerprint density at radius 3 is 2.35 bits per heavy atom. The van der Waals surface area contributed by atoms with Crippen molar-refractivity contribution in [1.82, 2.24) is 0 Å². The van der Waals surface area contributed by atoms with E-state index in [9.17, 15) is 24.0 Å². The van der Waals surface area contributed by atoms with Crippen LogP contribution in [0.1, 0.15) is 64.2 Å². The van der Waals surface area contributed by atoms with E-state index in [0.717, 1.165) is 0 Å². The number of ether oxygens (including phenoxy) is 1. The van der Waals surface area contributed by atoms with Crippen LogP contribution in [0.4, 0.5) is 0 Å². The molecule has 3 atom stereocenters. The Bertz CT molecular complexity index is 625. The van der Waals surface area contributed by atoms with Crippen molar-refractivity contribution in [3.63, 3.8) is 0 Å². The highest BCUT2D eigenvalue weighted by Crippen LogP contribution is 2.53. The molecule has 0 bridgehead atoms. The van der Waals surface area contributed by atoms with Crippen molar-refractivity contribution in [2.24, 2.45) is 23.2 Å². The highest BCUT2D eigenvalue weighted by atomic mass is 16.5. The smallest absolute Gasteiger partial charge is 0.319 e. The fourth-order valence-electron chi connectivity index (χ4n) is 5.39. The largest absolute Gasteiger partial charge is 0.468 e. The Hall–Kier alpha value is -1.85. The maximum absolute atomic E-state index is 12.9. The maximum atomic E-state index is 12.9. The quantitative estimate of drug-likeness (QED) is 0.562. The summed E-state index contributed by atoms with van der Waals surface area (Å²) in [6, 6.07) is 0. The van der Waals surface area contributed by atoms with Gasteiger partial charge in [0, 0.05) is 32.1 Å². The molecule has 26 heavy (non-hydrogen) atoms. The molecule has 0 spiro atoms. The number of Topliss-reactive ketones (excluding diaryl/α,β-unsaturated/α-hetero) is 4. The lowest BCUT2D eigenvalue weighted by Crippen LogP contribution is -2.57. The lowest BCUT2D eigenvalue weighted by molar-refractivity contribution is -0.174. The molecule has 6 nitrogen and oxygen atoms in total. The van der Waals surface area contributed by atoms with Crippen LogP contribution < -0.4 is 0 Å². The van der Waals surface area contributed by atoms with Crippen LogP contribution in [0.5, 0.6) is 0 Å². The van der Waals surface area contributed by atoms with Crippen molar-refractivity contribution in [2.75, 3.05) is 7.11 Å².